The van der Waals surface area contributed by atoms with Gasteiger partial charge in [-0.05, 0) is 67.6 Å². The topological polar surface area (TPSA) is 71.8 Å². The van der Waals surface area contributed by atoms with Crippen molar-refractivity contribution in [3.05, 3.63) is 77.6 Å². The van der Waals surface area contributed by atoms with E-state index in [4.69, 9.17) is 9.84 Å². The number of carbonyl (C=O) groups is 1. The minimum atomic E-state index is 0.00703. The Kier molecular flexibility index (Phi) is 6.40. The minimum Gasteiger partial charge on any atom is -0.497 e. The maximum Gasteiger partial charge on any atom is 0.223 e. The summed E-state index contributed by atoms with van der Waals surface area (Å²) in [6.07, 6.45) is 5.28. The van der Waals surface area contributed by atoms with Crippen LogP contribution < -0.4 is 15.0 Å². The molecule has 1 aliphatic rings. The number of aryl methyl sites for hydroxylation is 2. The highest BCUT2D eigenvalue weighted by Gasteiger charge is 2.26. The first-order valence-corrected chi connectivity index (χ1v) is 12.1. The Hall–Kier alpha value is -3.87. The van der Waals surface area contributed by atoms with Gasteiger partial charge in [-0.1, -0.05) is 24.3 Å². The molecule has 1 saturated heterocycles. The minimum absolute atomic E-state index is 0.00703. The Morgan fingerprint density at radius 1 is 1.09 bits per heavy atom. The summed E-state index contributed by atoms with van der Waals surface area (Å²) in [5.41, 5.74) is 6.59. The van der Waals surface area contributed by atoms with Gasteiger partial charge in [0.25, 0.3) is 0 Å². The first-order valence-electron chi connectivity index (χ1n) is 12.1. The summed E-state index contributed by atoms with van der Waals surface area (Å²) >= 11 is 0. The van der Waals surface area contributed by atoms with Gasteiger partial charge in [-0.15, -0.1) is 0 Å². The standard InChI is InChI=1S/C28H31N5O2/c1-19-7-8-23(15-20(19)2)25-17-26-27(29-11-14-33(26)31-25)32-12-9-22(10-13-32)28(34)30-18-21-5-4-6-24(16-21)35-3/h4-8,11,14-17,22H,9-10,12-13,18H2,1-3H3,(H,30,34). The first kappa shape index (κ1) is 22.9. The number of fused-ring (bicyclic) bond motifs is 1. The predicted molar refractivity (Wildman–Crippen MR) is 138 cm³/mol. The molecule has 0 aliphatic carbocycles. The molecule has 3 heterocycles. The zero-order chi connectivity index (χ0) is 24.4. The molecule has 4 aromatic rings. The summed E-state index contributed by atoms with van der Waals surface area (Å²) in [5, 5.41) is 7.89. The van der Waals surface area contributed by atoms with E-state index in [-0.39, 0.29) is 11.8 Å². The monoisotopic (exact) mass is 469 g/mol. The molecule has 1 N–H and O–H groups in total. The van der Waals surface area contributed by atoms with Crippen molar-refractivity contribution in [3.8, 4) is 17.0 Å². The Balaban J connectivity index is 1.25. The summed E-state index contributed by atoms with van der Waals surface area (Å²) < 4.78 is 7.17. The van der Waals surface area contributed by atoms with Crippen LogP contribution in [-0.4, -0.2) is 40.7 Å². The number of carbonyl (C=O) groups excluding carboxylic acids is 1. The lowest BCUT2D eigenvalue weighted by molar-refractivity contribution is -0.125. The fraction of sp³-hybridized carbons (Fsp3) is 0.321. The average Bonchev–Trinajstić information content (AvgIpc) is 3.34. The van der Waals surface area contributed by atoms with Crippen LogP contribution in [0.2, 0.25) is 0 Å². The van der Waals surface area contributed by atoms with E-state index in [1.165, 1.54) is 11.1 Å². The number of hydrogen-bond acceptors (Lipinski definition) is 5. The van der Waals surface area contributed by atoms with Crippen molar-refractivity contribution in [1.82, 2.24) is 19.9 Å². The van der Waals surface area contributed by atoms with Gasteiger partial charge in [0.1, 0.15) is 11.3 Å². The molecule has 1 amide bonds. The number of benzene rings is 2. The summed E-state index contributed by atoms with van der Waals surface area (Å²) in [7, 11) is 1.65. The van der Waals surface area contributed by atoms with Crippen molar-refractivity contribution in [2.24, 2.45) is 5.92 Å². The van der Waals surface area contributed by atoms with Crippen molar-refractivity contribution in [2.75, 3.05) is 25.1 Å². The average molecular weight is 470 g/mol. The number of rotatable bonds is 6. The van der Waals surface area contributed by atoms with E-state index in [9.17, 15) is 4.79 Å². The molecule has 0 radical (unpaired) electrons. The highest BCUT2D eigenvalue weighted by atomic mass is 16.5. The quantitative estimate of drug-likeness (QED) is 0.448. The molecule has 35 heavy (non-hydrogen) atoms. The van der Waals surface area contributed by atoms with Crippen molar-refractivity contribution >= 4 is 17.2 Å². The normalized spacial score (nSPS) is 14.3. The lowest BCUT2D eigenvalue weighted by atomic mass is 9.95. The third-order valence-electron chi connectivity index (χ3n) is 6.94. The van der Waals surface area contributed by atoms with E-state index < -0.39 is 0 Å². The highest BCUT2D eigenvalue weighted by molar-refractivity contribution is 5.80. The number of aromatic nitrogens is 3. The number of nitrogens with zero attached hydrogens (tertiary/aromatic N) is 4. The van der Waals surface area contributed by atoms with Crippen LogP contribution in [0.3, 0.4) is 0 Å². The van der Waals surface area contributed by atoms with Crippen molar-refractivity contribution in [1.29, 1.82) is 0 Å². The van der Waals surface area contributed by atoms with Crippen LogP contribution in [0.15, 0.2) is 60.9 Å². The molecule has 0 bridgehead atoms. The van der Waals surface area contributed by atoms with Crippen LogP contribution in [0.25, 0.3) is 16.8 Å². The molecule has 0 atom stereocenters. The highest BCUT2D eigenvalue weighted by Crippen LogP contribution is 2.29. The molecule has 0 saturated carbocycles. The van der Waals surface area contributed by atoms with E-state index in [0.29, 0.717) is 6.54 Å². The molecule has 180 valence electrons. The molecule has 2 aromatic carbocycles. The smallest absolute Gasteiger partial charge is 0.223 e. The van der Waals surface area contributed by atoms with Gasteiger partial charge in [-0.3, -0.25) is 4.79 Å². The molecule has 2 aromatic heterocycles. The van der Waals surface area contributed by atoms with E-state index in [2.05, 4.69) is 53.3 Å². The van der Waals surface area contributed by atoms with E-state index in [1.807, 2.05) is 35.0 Å². The lowest BCUT2D eigenvalue weighted by Crippen LogP contribution is -2.40. The SMILES string of the molecule is COc1cccc(CNC(=O)C2CCN(c3nccn4nc(-c5ccc(C)c(C)c5)cc34)CC2)c1. The fourth-order valence-electron chi connectivity index (χ4n) is 4.66. The first-order chi connectivity index (χ1) is 17.0. The molecule has 1 fully saturated rings. The summed E-state index contributed by atoms with van der Waals surface area (Å²) in [6.45, 7) is 6.32. The molecular formula is C28H31N5O2. The van der Waals surface area contributed by atoms with Gasteiger partial charge in [0.15, 0.2) is 5.82 Å². The van der Waals surface area contributed by atoms with Gasteiger partial charge < -0.3 is 15.0 Å². The van der Waals surface area contributed by atoms with E-state index in [1.54, 1.807) is 13.3 Å². The lowest BCUT2D eigenvalue weighted by Gasteiger charge is -2.32. The number of anilines is 1. The molecular weight excluding hydrogens is 438 g/mol. The Morgan fingerprint density at radius 3 is 2.69 bits per heavy atom. The van der Waals surface area contributed by atoms with Crippen LogP contribution in [0.4, 0.5) is 5.82 Å². The number of methoxy groups -OCH3 is 1. The molecule has 0 spiro atoms. The number of ether oxygens (including phenoxy) is 1. The van der Waals surface area contributed by atoms with Crippen LogP contribution >= 0.6 is 0 Å². The zero-order valence-corrected chi connectivity index (χ0v) is 20.5. The second kappa shape index (κ2) is 9.78. The van der Waals surface area contributed by atoms with Crippen LogP contribution in [0, 0.1) is 19.8 Å². The Morgan fingerprint density at radius 2 is 1.91 bits per heavy atom. The number of piperidine rings is 1. The van der Waals surface area contributed by atoms with Gasteiger partial charge in [0, 0.05) is 43.5 Å². The fourth-order valence-corrected chi connectivity index (χ4v) is 4.66. The van der Waals surface area contributed by atoms with Crippen molar-refractivity contribution in [3.63, 3.8) is 0 Å². The van der Waals surface area contributed by atoms with Crippen molar-refractivity contribution < 1.29 is 9.53 Å². The second-order valence-electron chi connectivity index (χ2n) is 9.24. The van der Waals surface area contributed by atoms with Gasteiger partial charge >= 0.3 is 0 Å². The van der Waals surface area contributed by atoms with Crippen molar-refractivity contribution in [2.45, 2.75) is 33.2 Å². The maximum absolute atomic E-state index is 12.8. The van der Waals surface area contributed by atoms with E-state index in [0.717, 1.165) is 59.8 Å². The van der Waals surface area contributed by atoms with Crippen LogP contribution in [-0.2, 0) is 11.3 Å². The van der Waals surface area contributed by atoms with E-state index >= 15 is 0 Å². The summed E-state index contributed by atoms with van der Waals surface area (Å²) in [4.78, 5) is 19.8. The molecule has 1 aliphatic heterocycles. The third kappa shape index (κ3) is 4.85. The van der Waals surface area contributed by atoms with Gasteiger partial charge in [0.2, 0.25) is 5.91 Å². The Labute approximate surface area is 205 Å². The van der Waals surface area contributed by atoms with Crippen LogP contribution in [0.5, 0.6) is 5.75 Å². The maximum atomic E-state index is 12.8. The number of hydrogen-bond donors (Lipinski definition) is 1. The summed E-state index contributed by atoms with van der Waals surface area (Å²) in [5.74, 6) is 1.84. The molecule has 0 unspecified atom stereocenters. The zero-order valence-electron chi connectivity index (χ0n) is 20.5. The molecule has 7 heteroatoms. The second-order valence-corrected chi connectivity index (χ2v) is 9.24. The van der Waals surface area contributed by atoms with Gasteiger partial charge in [-0.25, -0.2) is 9.50 Å². The van der Waals surface area contributed by atoms with Crippen LogP contribution in [0.1, 0.15) is 29.5 Å². The molecule has 7 nitrogen and oxygen atoms in total. The largest absolute Gasteiger partial charge is 0.497 e. The number of amides is 1. The van der Waals surface area contributed by atoms with Gasteiger partial charge in [-0.2, -0.15) is 5.10 Å². The Bertz CT molecular complexity index is 1350. The molecule has 5 rings (SSSR count). The summed E-state index contributed by atoms with van der Waals surface area (Å²) in [6, 6.07) is 16.3. The van der Waals surface area contributed by atoms with Gasteiger partial charge in [0.05, 0.1) is 12.8 Å². The third-order valence-corrected chi connectivity index (χ3v) is 6.94. The number of nitrogens with one attached hydrogen (secondary N) is 1. The predicted octanol–water partition coefficient (Wildman–Crippen LogP) is 4.55.